The monoisotopic (exact) mass is 256 g/mol. The maximum absolute atomic E-state index is 11.7. The molecule has 5 rings (SSSR count). The van der Waals surface area contributed by atoms with Gasteiger partial charge in [-0.3, -0.25) is 9.69 Å². The molecule has 1 aromatic heterocycles. The molecule has 19 heavy (non-hydrogen) atoms. The highest BCUT2D eigenvalue weighted by atomic mass is 16.1. The summed E-state index contributed by atoms with van der Waals surface area (Å²) in [6.45, 7) is 3.64. The number of nitrogens with zero attached hydrogens (tertiary/aromatic N) is 1. The molecule has 1 N–H and O–H groups in total. The van der Waals surface area contributed by atoms with Crippen molar-refractivity contribution in [1.29, 1.82) is 0 Å². The maximum atomic E-state index is 11.7. The summed E-state index contributed by atoms with van der Waals surface area (Å²) < 4.78 is 0. The van der Waals surface area contributed by atoms with E-state index in [1.807, 2.05) is 0 Å². The lowest BCUT2D eigenvalue weighted by molar-refractivity contribution is 0.0902. The highest BCUT2D eigenvalue weighted by Crippen LogP contribution is 2.62. The van der Waals surface area contributed by atoms with Crippen LogP contribution in [0.1, 0.15) is 49.4 Å². The molecule has 7 atom stereocenters. The smallest absolute Gasteiger partial charge is 0.248 e. The van der Waals surface area contributed by atoms with Gasteiger partial charge in [0, 0.05) is 24.3 Å². The number of fused-ring (bicyclic) bond motifs is 5. The Hall–Kier alpha value is -1.09. The van der Waals surface area contributed by atoms with Gasteiger partial charge in [0.05, 0.1) is 6.04 Å². The Kier molecular flexibility index (Phi) is 1.86. The average Bonchev–Trinajstić information content (AvgIpc) is 2.56. The van der Waals surface area contributed by atoms with Crippen molar-refractivity contribution in [3.8, 4) is 0 Å². The third kappa shape index (κ3) is 1.20. The number of aromatic amines is 1. The summed E-state index contributed by atoms with van der Waals surface area (Å²) in [5, 5.41) is 0. The summed E-state index contributed by atoms with van der Waals surface area (Å²) in [6, 6.07) is 5.13. The molecular formula is C16H20N2O. The minimum atomic E-state index is 0.0762. The van der Waals surface area contributed by atoms with Crippen LogP contribution in [-0.4, -0.2) is 22.5 Å². The Morgan fingerprint density at radius 1 is 1.21 bits per heavy atom. The van der Waals surface area contributed by atoms with Crippen LogP contribution < -0.4 is 5.56 Å². The quantitative estimate of drug-likeness (QED) is 0.773. The van der Waals surface area contributed by atoms with Crippen LogP contribution in [-0.2, 0) is 0 Å². The minimum absolute atomic E-state index is 0.0762. The number of nitrogens with one attached hydrogen (secondary N) is 1. The van der Waals surface area contributed by atoms with Crippen molar-refractivity contribution in [1.82, 2.24) is 9.88 Å². The van der Waals surface area contributed by atoms with Crippen molar-refractivity contribution in [2.45, 2.75) is 44.2 Å². The summed E-state index contributed by atoms with van der Waals surface area (Å²) in [6.07, 6.45) is 4.08. The van der Waals surface area contributed by atoms with Gasteiger partial charge in [-0.2, -0.15) is 0 Å². The molecule has 3 aliphatic heterocycles. The molecule has 0 amide bonds. The lowest BCUT2D eigenvalue weighted by atomic mass is 9.70. The van der Waals surface area contributed by atoms with E-state index in [1.54, 1.807) is 6.07 Å². The molecule has 1 saturated carbocycles. The van der Waals surface area contributed by atoms with E-state index < -0.39 is 0 Å². The van der Waals surface area contributed by atoms with E-state index in [4.69, 9.17) is 0 Å². The van der Waals surface area contributed by atoms with Gasteiger partial charge in [0.25, 0.3) is 0 Å². The van der Waals surface area contributed by atoms with E-state index >= 15 is 0 Å². The van der Waals surface area contributed by atoms with E-state index in [-0.39, 0.29) is 5.56 Å². The van der Waals surface area contributed by atoms with Crippen molar-refractivity contribution in [3.05, 3.63) is 33.7 Å². The highest BCUT2D eigenvalue weighted by Gasteiger charge is 2.59. The number of pyridine rings is 1. The van der Waals surface area contributed by atoms with Crippen molar-refractivity contribution in [2.75, 3.05) is 6.54 Å². The number of H-pyrrole nitrogens is 1. The minimum Gasteiger partial charge on any atom is -0.324 e. The van der Waals surface area contributed by atoms with Crippen molar-refractivity contribution in [3.63, 3.8) is 0 Å². The third-order valence-electron chi connectivity index (χ3n) is 6.26. The fraction of sp³-hybridized carbons (Fsp3) is 0.688. The maximum Gasteiger partial charge on any atom is 0.248 e. The fourth-order valence-electron chi connectivity index (χ4n) is 5.75. The SMILES string of the molecule is CC1CC2[C@H]3C[C@H]4CN(C3C1)[C@H]2c1[nH]c(=O)ccc14. The van der Waals surface area contributed by atoms with Gasteiger partial charge >= 0.3 is 0 Å². The Bertz CT molecular complexity index is 607. The number of hydrogen-bond donors (Lipinski definition) is 1. The average molecular weight is 256 g/mol. The molecule has 0 spiro atoms. The van der Waals surface area contributed by atoms with Crippen LogP contribution in [0.3, 0.4) is 0 Å². The Morgan fingerprint density at radius 2 is 2.11 bits per heavy atom. The summed E-state index contributed by atoms with van der Waals surface area (Å²) in [5.41, 5.74) is 2.79. The molecule has 3 fully saturated rings. The van der Waals surface area contributed by atoms with Crippen LogP contribution >= 0.6 is 0 Å². The van der Waals surface area contributed by atoms with Crippen LogP contribution in [0.4, 0.5) is 0 Å². The molecule has 3 nitrogen and oxygen atoms in total. The number of hydrogen-bond acceptors (Lipinski definition) is 2. The number of piperidine rings is 1. The van der Waals surface area contributed by atoms with Crippen LogP contribution in [0.25, 0.3) is 0 Å². The third-order valence-corrected chi connectivity index (χ3v) is 6.26. The largest absolute Gasteiger partial charge is 0.324 e. The van der Waals surface area contributed by atoms with Crippen molar-refractivity contribution in [2.24, 2.45) is 17.8 Å². The Morgan fingerprint density at radius 3 is 3.00 bits per heavy atom. The lowest BCUT2D eigenvalue weighted by Gasteiger charge is -2.44. The van der Waals surface area contributed by atoms with Crippen LogP contribution in [0.15, 0.2) is 16.9 Å². The van der Waals surface area contributed by atoms with E-state index in [1.165, 1.54) is 37.1 Å². The first-order chi connectivity index (χ1) is 9.22. The summed E-state index contributed by atoms with van der Waals surface area (Å²) in [4.78, 5) is 17.7. The van der Waals surface area contributed by atoms with E-state index in [0.29, 0.717) is 12.0 Å². The van der Waals surface area contributed by atoms with Crippen LogP contribution in [0.2, 0.25) is 0 Å². The van der Waals surface area contributed by atoms with Gasteiger partial charge in [0.2, 0.25) is 5.56 Å². The highest BCUT2D eigenvalue weighted by molar-refractivity contribution is 5.36. The second-order valence-electron chi connectivity index (χ2n) is 7.24. The zero-order valence-corrected chi connectivity index (χ0v) is 11.3. The second-order valence-corrected chi connectivity index (χ2v) is 7.24. The molecule has 0 aromatic carbocycles. The summed E-state index contributed by atoms with van der Waals surface area (Å²) in [7, 11) is 0. The normalized spacial score (nSPS) is 49.2. The Labute approximate surface area is 113 Å². The second kappa shape index (κ2) is 3.32. The molecule has 0 radical (unpaired) electrons. The standard InChI is InChI=1S/C16H20N2O/c1-8-4-12-11-6-9-7-18(13(11)5-8)16(12)15-10(9)2-3-14(19)17-15/h2-3,8-9,11-13,16H,4-7H2,1H3,(H,17,19)/t8?,9-,11+,12?,13?,16+/m0/s1. The molecule has 4 unspecified atom stereocenters. The van der Waals surface area contributed by atoms with Gasteiger partial charge in [0.1, 0.15) is 0 Å². The molecule has 1 aliphatic carbocycles. The molecule has 4 heterocycles. The predicted molar refractivity (Wildman–Crippen MR) is 73.0 cm³/mol. The summed E-state index contributed by atoms with van der Waals surface area (Å²) >= 11 is 0. The lowest BCUT2D eigenvalue weighted by Crippen LogP contribution is -2.46. The zero-order chi connectivity index (χ0) is 12.7. The van der Waals surface area contributed by atoms with Gasteiger partial charge in [-0.25, -0.2) is 0 Å². The molecule has 100 valence electrons. The van der Waals surface area contributed by atoms with E-state index in [2.05, 4.69) is 22.9 Å². The topological polar surface area (TPSA) is 36.1 Å². The first kappa shape index (κ1) is 10.7. The van der Waals surface area contributed by atoms with Gasteiger partial charge in [-0.15, -0.1) is 0 Å². The van der Waals surface area contributed by atoms with Gasteiger partial charge in [-0.1, -0.05) is 13.0 Å². The molecular weight excluding hydrogens is 236 g/mol. The van der Waals surface area contributed by atoms with E-state index in [0.717, 1.165) is 23.8 Å². The first-order valence-corrected chi connectivity index (χ1v) is 7.71. The van der Waals surface area contributed by atoms with Crippen LogP contribution in [0, 0.1) is 17.8 Å². The predicted octanol–water partition coefficient (Wildman–Crippen LogP) is 2.26. The number of aromatic nitrogens is 1. The van der Waals surface area contributed by atoms with E-state index in [9.17, 15) is 4.79 Å². The number of rotatable bonds is 0. The molecule has 2 saturated heterocycles. The van der Waals surface area contributed by atoms with Gasteiger partial charge in [0.15, 0.2) is 0 Å². The molecule has 5 bridgehead atoms. The van der Waals surface area contributed by atoms with Gasteiger partial charge in [-0.05, 0) is 48.5 Å². The van der Waals surface area contributed by atoms with Crippen molar-refractivity contribution < 1.29 is 0 Å². The zero-order valence-electron chi connectivity index (χ0n) is 11.3. The van der Waals surface area contributed by atoms with Gasteiger partial charge < -0.3 is 4.98 Å². The Balaban J connectivity index is 1.74. The molecule has 3 heteroatoms. The summed E-state index contributed by atoms with van der Waals surface area (Å²) in [5.74, 6) is 3.20. The molecule has 1 aromatic rings. The molecule has 4 aliphatic rings. The fourth-order valence-corrected chi connectivity index (χ4v) is 5.75. The first-order valence-electron chi connectivity index (χ1n) is 7.71. The van der Waals surface area contributed by atoms with Crippen LogP contribution in [0.5, 0.6) is 0 Å². The van der Waals surface area contributed by atoms with Crippen molar-refractivity contribution >= 4 is 0 Å².